The molecule has 0 spiro atoms. The Kier molecular flexibility index (Phi) is 6.22. The van der Waals surface area contributed by atoms with Crippen LogP contribution in [-0.4, -0.2) is 14.1 Å². The van der Waals surface area contributed by atoms with Crippen molar-refractivity contribution in [1.82, 2.24) is 14.1 Å². The number of benzene rings is 5. The van der Waals surface area contributed by atoms with Crippen LogP contribution in [-0.2, 0) is 0 Å². The first-order valence-electron chi connectivity index (χ1n) is 14.8. The van der Waals surface area contributed by atoms with Crippen molar-refractivity contribution in [3.63, 3.8) is 0 Å². The largest absolute Gasteiger partial charge is 0.307 e. The van der Waals surface area contributed by atoms with Crippen LogP contribution in [0.5, 0.6) is 0 Å². The molecular formula is C40H18N8. The molecule has 0 aliphatic rings. The zero-order valence-electron chi connectivity index (χ0n) is 25.0. The molecule has 0 amide bonds. The van der Waals surface area contributed by atoms with Crippen molar-refractivity contribution < 1.29 is 0 Å². The third-order valence-electron chi connectivity index (χ3n) is 8.74. The Balaban J connectivity index is 1.55. The lowest BCUT2D eigenvalue weighted by Crippen LogP contribution is -2.05. The van der Waals surface area contributed by atoms with Crippen molar-refractivity contribution in [2.75, 3.05) is 0 Å². The van der Waals surface area contributed by atoms with Crippen LogP contribution in [0.15, 0.2) is 109 Å². The van der Waals surface area contributed by atoms with E-state index >= 15 is 0 Å². The van der Waals surface area contributed by atoms with Crippen molar-refractivity contribution in [3.05, 3.63) is 137 Å². The Labute approximate surface area is 273 Å². The van der Waals surface area contributed by atoms with E-state index < -0.39 is 0 Å². The molecule has 8 heteroatoms. The van der Waals surface area contributed by atoms with Gasteiger partial charge in [-0.3, -0.25) is 4.98 Å². The van der Waals surface area contributed by atoms with Gasteiger partial charge in [-0.05, 0) is 90.5 Å². The molecule has 0 unspecified atom stereocenters. The van der Waals surface area contributed by atoms with Gasteiger partial charge in [0.1, 0.15) is 0 Å². The van der Waals surface area contributed by atoms with Crippen LogP contribution in [0.3, 0.4) is 0 Å². The topological polar surface area (TPSA) is 142 Å². The van der Waals surface area contributed by atoms with Crippen LogP contribution in [0.1, 0.15) is 27.8 Å². The summed E-state index contributed by atoms with van der Waals surface area (Å²) in [5.74, 6) is 0. The van der Waals surface area contributed by atoms with Gasteiger partial charge < -0.3 is 9.13 Å². The predicted molar refractivity (Wildman–Crippen MR) is 182 cm³/mol. The molecule has 0 N–H and O–H groups in total. The zero-order valence-corrected chi connectivity index (χ0v) is 25.0. The van der Waals surface area contributed by atoms with Gasteiger partial charge >= 0.3 is 0 Å². The first-order valence-corrected chi connectivity index (χ1v) is 14.8. The smallest absolute Gasteiger partial charge is 0.0991 e. The minimum Gasteiger partial charge on any atom is -0.307 e. The van der Waals surface area contributed by atoms with Gasteiger partial charge in [0.15, 0.2) is 0 Å². The number of fused-ring (bicyclic) bond motifs is 6. The minimum atomic E-state index is 0.502. The highest BCUT2D eigenvalue weighted by Gasteiger charge is 2.23. The molecule has 0 radical (unpaired) electrons. The summed E-state index contributed by atoms with van der Waals surface area (Å²) >= 11 is 0. The van der Waals surface area contributed by atoms with Crippen molar-refractivity contribution in [2.45, 2.75) is 0 Å². The van der Waals surface area contributed by atoms with Crippen LogP contribution in [0, 0.1) is 56.7 Å². The monoisotopic (exact) mass is 610 g/mol. The third-order valence-corrected chi connectivity index (χ3v) is 8.74. The first-order chi connectivity index (χ1) is 23.6. The first kappa shape index (κ1) is 27.8. The lowest BCUT2D eigenvalue weighted by atomic mass is 10.0. The summed E-state index contributed by atoms with van der Waals surface area (Å²) in [6.07, 6.45) is 3.59. The van der Waals surface area contributed by atoms with Gasteiger partial charge in [-0.2, -0.15) is 26.3 Å². The van der Waals surface area contributed by atoms with Crippen LogP contribution in [0.2, 0.25) is 0 Å². The Hall–Kier alpha value is -7.70. The van der Waals surface area contributed by atoms with E-state index in [9.17, 15) is 26.3 Å². The molecule has 0 saturated heterocycles. The second kappa shape index (κ2) is 10.7. The van der Waals surface area contributed by atoms with E-state index in [4.69, 9.17) is 4.98 Å². The van der Waals surface area contributed by atoms with Crippen LogP contribution in [0.25, 0.3) is 66.1 Å². The zero-order chi connectivity index (χ0) is 32.9. The maximum atomic E-state index is 9.73. The maximum Gasteiger partial charge on any atom is 0.0991 e. The molecular weight excluding hydrogens is 592 g/mol. The fourth-order valence-corrected chi connectivity index (χ4v) is 6.63. The lowest BCUT2D eigenvalue weighted by molar-refractivity contribution is 1.09. The summed E-state index contributed by atoms with van der Waals surface area (Å²) in [6.45, 7) is 0. The average molecular weight is 611 g/mol. The molecule has 5 aromatic carbocycles. The third kappa shape index (κ3) is 4.08. The van der Waals surface area contributed by atoms with E-state index in [1.165, 1.54) is 0 Å². The summed E-state index contributed by atoms with van der Waals surface area (Å²) in [4.78, 5) is 4.78. The van der Waals surface area contributed by atoms with Crippen molar-refractivity contribution in [1.29, 1.82) is 26.3 Å². The summed E-state index contributed by atoms with van der Waals surface area (Å²) in [6, 6.07) is 40.5. The molecule has 8 rings (SSSR count). The van der Waals surface area contributed by atoms with Gasteiger partial charge in [-0.15, -0.1) is 0 Å². The van der Waals surface area contributed by atoms with Gasteiger partial charge in [0.05, 0.1) is 104 Å². The molecule has 0 saturated carbocycles. The molecule has 0 bridgehead atoms. The minimum absolute atomic E-state index is 0.502. The second-order valence-corrected chi connectivity index (χ2v) is 11.3. The van der Waals surface area contributed by atoms with Crippen molar-refractivity contribution >= 4 is 43.6 Å². The quantitative estimate of drug-likeness (QED) is 0.197. The molecule has 0 atom stereocenters. The fourth-order valence-electron chi connectivity index (χ4n) is 6.63. The van der Waals surface area contributed by atoms with Crippen LogP contribution in [0.4, 0.5) is 0 Å². The number of aromatic nitrogens is 3. The Morgan fingerprint density at radius 1 is 0.396 bits per heavy atom. The predicted octanol–water partition coefficient (Wildman–Crippen LogP) is 8.30. The van der Waals surface area contributed by atoms with E-state index in [1.54, 1.807) is 48.8 Å². The summed E-state index contributed by atoms with van der Waals surface area (Å²) in [5.41, 5.74) is 8.96. The van der Waals surface area contributed by atoms with E-state index in [-0.39, 0.29) is 0 Å². The highest BCUT2D eigenvalue weighted by atomic mass is 15.0. The average Bonchev–Trinajstić information content (AvgIpc) is 3.65. The lowest BCUT2D eigenvalue weighted by Gasteiger charge is -2.19. The van der Waals surface area contributed by atoms with Crippen molar-refractivity contribution in [3.8, 4) is 52.8 Å². The van der Waals surface area contributed by atoms with Gasteiger partial charge in [0.25, 0.3) is 0 Å². The number of hydrogen-bond donors (Lipinski definition) is 0. The second-order valence-electron chi connectivity index (χ2n) is 11.3. The number of pyridine rings is 1. The molecule has 0 aliphatic heterocycles. The summed E-state index contributed by atoms with van der Waals surface area (Å²) < 4.78 is 4.18. The molecule has 3 heterocycles. The van der Waals surface area contributed by atoms with Gasteiger partial charge in [0, 0.05) is 27.1 Å². The maximum absolute atomic E-state index is 9.73. The van der Waals surface area contributed by atoms with Crippen molar-refractivity contribution in [2.24, 2.45) is 0 Å². The molecule has 218 valence electrons. The van der Waals surface area contributed by atoms with Gasteiger partial charge in [-0.25, -0.2) is 0 Å². The molecule has 8 nitrogen and oxygen atoms in total. The van der Waals surface area contributed by atoms with Gasteiger partial charge in [-0.1, -0.05) is 12.1 Å². The summed E-state index contributed by atoms with van der Waals surface area (Å²) in [5, 5.41) is 51.8. The van der Waals surface area contributed by atoms with Gasteiger partial charge in [0.2, 0.25) is 0 Å². The number of nitrogens with zero attached hydrogens (tertiary/aromatic N) is 8. The standard InChI is InChI=1S/C40H18N8/c41-17-24-1-7-29(8-2-24)40-38(47-34-9-3-25(18-42)13-30(34)31-14-26(19-43)4-10-35(31)47)22-46-23-39(40)48-36-11-5-27(20-44)15-32(36)33-16-28(21-45)6-12-37(33)48/h1-16,22-23H. The number of rotatable bonds is 3. The van der Waals surface area contributed by atoms with E-state index in [2.05, 4.69) is 39.5 Å². The SMILES string of the molecule is N#Cc1ccc(-c2c(-n3c4ccc(C#N)cc4c4cc(C#N)ccc43)cncc2-n2c3ccc(C#N)cc3c3cc(C#N)ccc32)cc1. The number of hydrogen-bond acceptors (Lipinski definition) is 6. The normalized spacial score (nSPS) is 10.8. The van der Waals surface area contributed by atoms with Crippen LogP contribution < -0.4 is 0 Å². The highest BCUT2D eigenvalue weighted by molar-refractivity contribution is 6.12. The van der Waals surface area contributed by atoms with Crippen LogP contribution >= 0.6 is 0 Å². The molecule has 0 fully saturated rings. The Bertz CT molecular complexity index is 2580. The van der Waals surface area contributed by atoms with E-state index in [0.717, 1.165) is 66.1 Å². The Morgan fingerprint density at radius 3 is 1.02 bits per heavy atom. The molecule has 3 aromatic heterocycles. The highest BCUT2D eigenvalue weighted by Crippen LogP contribution is 2.42. The van der Waals surface area contributed by atoms with E-state index in [0.29, 0.717) is 27.8 Å². The Morgan fingerprint density at radius 2 is 0.708 bits per heavy atom. The number of nitriles is 5. The van der Waals surface area contributed by atoms with E-state index in [1.807, 2.05) is 60.7 Å². The fraction of sp³-hybridized carbons (Fsp3) is 0. The molecule has 0 aliphatic carbocycles. The molecule has 8 aromatic rings. The summed E-state index contributed by atoms with van der Waals surface area (Å²) in [7, 11) is 0. The molecule has 48 heavy (non-hydrogen) atoms.